The number of hydrogen-bond donors (Lipinski definition) is 1. The molecule has 1 aromatic heterocycles. The third-order valence-electron chi connectivity index (χ3n) is 6.07. The summed E-state index contributed by atoms with van der Waals surface area (Å²) in [7, 11) is 0. The van der Waals surface area contributed by atoms with Crippen LogP contribution in [0, 0.1) is 18.3 Å². The van der Waals surface area contributed by atoms with E-state index in [1.807, 2.05) is 11.8 Å². The third kappa shape index (κ3) is 3.07. The van der Waals surface area contributed by atoms with Crippen molar-refractivity contribution in [1.82, 2.24) is 14.8 Å². The molecule has 2 fully saturated rings. The van der Waals surface area contributed by atoms with E-state index >= 15 is 0 Å². The highest BCUT2D eigenvalue weighted by atomic mass is 32.1. The number of aliphatic hydroxyl groups excluding tert-OH is 1. The maximum Gasteiger partial charge on any atom is 0.273 e. The van der Waals surface area contributed by atoms with E-state index in [4.69, 9.17) is 0 Å². The predicted octanol–water partition coefficient (Wildman–Crippen LogP) is 1.84. The molecule has 26 heavy (non-hydrogen) atoms. The topological polar surface area (TPSA) is 73.7 Å². The fourth-order valence-electron chi connectivity index (χ4n) is 4.58. The van der Waals surface area contributed by atoms with Crippen molar-refractivity contribution in [2.24, 2.45) is 11.3 Å². The summed E-state index contributed by atoms with van der Waals surface area (Å²) < 4.78 is 0. The summed E-state index contributed by atoms with van der Waals surface area (Å²) in [5.41, 5.74) is 1.35. The highest BCUT2D eigenvalue weighted by Crippen LogP contribution is 2.43. The molecule has 0 radical (unpaired) electrons. The second-order valence-electron chi connectivity index (χ2n) is 7.86. The quantitative estimate of drug-likeness (QED) is 0.815. The minimum absolute atomic E-state index is 0.00398. The summed E-state index contributed by atoms with van der Waals surface area (Å²) in [5.74, 6) is 0.233. The van der Waals surface area contributed by atoms with Crippen molar-refractivity contribution >= 4 is 23.2 Å². The van der Waals surface area contributed by atoms with E-state index in [2.05, 4.69) is 11.1 Å². The first kappa shape index (κ1) is 17.7. The van der Waals surface area contributed by atoms with Crippen LogP contribution in [-0.4, -0.2) is 64.5 Å². The lowest BCUT2D eigenvalue weighted by atomic mass is 9.82. The van der Waals surface area contributed by atoms with E-state index in [9.17, 15) is 14.7 Å². The fraction of sp³-hybridized carbons (Fsp3) is 0.632. The maximum absolute atomic E-state index is 12.7. The molecule has 3 aliphatic rings. The summed E-state index contributed by atoms with van der Waals surface area (Å²) in [4.78, 5) is 33.3. The van der Waals surface area contributed by atoms with Gasteiger partial charge in [0.25, 0.3) is 5.91 Å². The molecule has 0 aromatic carbocycles. The summed E-state index contributed by atoms with van der Waals surface area (Å²) in [6, 6.07) is 0. The first-order valence-corrected chi connectivity index (χ1v) is 10.2. The predicted molar refractivity (Wildman–Crippen MR) is 98.9 cm³/mol. The van der Waals surface area contributed by atoms with E-state index in [0.717, 1.165) is 24.3 Å². The average molecular weight is 375 g/mol. The minimum atomic E-state index is -0.388. The molecule has 1 N–H and O–H groups in total. The van der Waals surface area contributed by atoms with Crippen LogP contribution in [0.25, 0.3) is 0 Å². The van der Waals surface area contributed by atoms with Gasteiger partial charge >= 0.3 is 0 Å². The number of thiazole rings is 1. The molecule has 2 unspecified atom stereocenters. The van der Waals surface area contributed by atoms with Crippen molar-refractivity contribution in [3.05, 3.63) is 27.7 Å². The molecule has 0 saturated carbocycles. The lowest BCUT2D eigenvalue weighted by molar-refractivity contribution is -0.130. The molecule has 6 nitrogen and oxygen atoms in total. The molecule has 1 aromatic rings. The zero-order chi connectivity index (χ0) is 18.3. The van der Waals surface area contributed by atoms with E-state index in [1.165, 1.54) is 16.9 Å². The number of aliphatic hydroxyl groups is 1. The summed E-state index contributed by atoms with van der Waals surface area (Å²) in [6.45, 7) is 4.15. The molecule has 2 amide bonds. The Hall–Kier alpha value is -1.73. The zero-order valence-electron chi connectivity index (χ0n) is 15.1. The number of carbonyl (C=O) groups is 2. The smallest absolute Gasteiger partial charge is 0.273 e. The fourth-order valence-corrected chi connectivity index (χ4v) is 5.16. The molecule has 140 valence electrons. The van der Waals surface area contributed by atoms with Gasteiger partial charge in [-0.3, -0.25) is 9.59 Å². The number of aromatic nitrogens is 1. The molecule has 1 aliphatic carbocycles. The number of aryl methyl sites for hydroxylation is 1. The van der Waals surface area contributed by atoms with E-state index in [0.29, 0.717) is 38.3 Å². The van der Waals surface area contributed by atoms with Crippen LogP contribution in [0.15, 0.2) is 17.0 Å². The molecule has 2 aliphatic heterocycles. The SMILES string of the molecule is Cc1nc(C(=O)N2CC3CN(C(=O)CC4=CCCC4)CC3(CO)C2)cs1. The van der Waals surface area contributed by atoms with Gasteiger partial charge in [0.15, 0.2) is 0 Å². The number of nitrogens with zero attached hydrogens (tertiary/aromatic N) is 3. The van der Waals surface area contributed by atoms with Crippen LogP contribution in [0.4, 0.5) is 0 Å². The molecule has 0 spiro atoms. The standard InChI is InChI=1S/C19H25N3O3S/c1-13-20-16(9-26-13)18(25)22-8-15-7-21(10-19(15,11-22)12-23)17(24)6-14-4-2-3-5-14/h4,9,15,23H,2-3,5-8,10-12H2,1H3. The van der Waals surface area contributed by atoms with Crippen molar-refractivity contribution < 1.29 is 14.7 Å². The number of fused-ring (bicyclic) bond motifs is 1. The van der Waals surface area contributed by atoms with Crippen LogP contribution in [-0.2, 0) is 4.79 Å². The van der Waals surface area contributed by atoms with Crippen molar-refractivity contribution in [1.29, 1.82) is 0 Å². The number of allylic oxidation sites excluding steroid dienone is 1. The lowest BCUT2D eigenvalue weighted by Crippen LogP contribution is -2.40. The Balaban J connectivity index is 1.42. The number of rotatable bonds is 4. The van der Waals surface area contributed by atoms with Gasteiger partial charge in [-0.2, -0.15) is 0 Å². The van der Waals surface area contributed by atoms with Gasteiger partial charge in [0.2, 0.25) is 5.91 Å². The Morgan fingerprint density at radius 2 is 2.12 bits per heavy atom. The Labute approximate surface area is 157 Å². The van der Waals surface area contributed by atoms with Crippen LogP contribution in [0.1, 0.15) is 41.2 Å². The Morgan fingerprint density at radius 3 is 2.73 bits per heavy atom. The van der Waals surface area contributed by atoms with Gasteiger partial charge in [-0.1, -0.05) is 11.6 Å². The van der Waals surface area contributed by atoms with Crippen LogP contribution >= 0.6 is 11.3 Å². The number of amides is 2. The second kappa shape index (κ2) is 6.78. The van der Waals surface area contributed by atoms with Crippen molar-refractivity contribution in [2.75, 3.05) is 32.8 Å². The molecule has 7 heteroatoms. The first-order valence-electron chi connectivity index (χ1n) is 9.29. The van der Waals surface area contributed by atoms with Gasteiger partial charge in [0.1, 0.15) is 5.69 Å². The van der Waals surface area contributed by atoms with Crippen LogP contribution < -0.4 is 0 Å². The van der Waals surface area contributed by atoms with E-state index < -0.39 is 0 Å². The minimum Gasteiger partial charge on any atom is -0.396 e. The van der Waals surface area contributed by atoms with Crippen LogP contribution in [0.3, 0.4) is 0 Å². The summed E-state index contributed by atoms with van der Waals surface area (Å²) in [5, 5.41) is 12.8. The normalized spacial score (nSPS) is 27.8. The van der Waals surface area contributed by atoms with E-state index in [-0.39, 0.29) is 29.8 Å². The van der Waals surface area contributed by atoms with Gasteiger partial charge < -0.3 is 14.9 Å². The zero-order valence-corrected chi connectivity index (χ0v) is 15.9. The van der Waals surface area contributed by atoms with Gasteiger partial charge in [0, 0.05) is 49.3 Å². The van der Waals surface area contributed by atoms with E-state index in [1.54, 1.807) is 10.3 Å². The van der Waals surface area contributed by atoms with Gasteiger partial charge in [-0.25, -0.2) is 4.98 Å². The molecular formula is C19H25N3O3S. The average Bonchev–Trinajstić information content (AvgIpc) is 3.36. The van der Waals surface area contributed by atoms with Gasteiger partial charge in [-0.05, 0) is 26.2 Å². The summed E-state index contributed by atoms with van der Waals surface area (Å²) in [6.07, 6.45) is 5.96. The summed E-state index contributed by atoms with van der Waals surface area (Å²) >= 11 is 1.47. The monoisotopic (exact) mass is 375 g/mol. The number of carbonyl (C=O) groups excluding carboxylic acids is 2. The Bertz CT molecular complexity index is 759. The highest BCUT2D eigenvalue weighted by molar-refractivity contribution is 7.09. The molecule has 0 bridgehead atoms. The molecule has 2 saturated heterocycles. The highest BCUT2D eigenvalue weighted by Gasteiger charge is 2.54. The second-order valence-corrected chi connectivity index (χ2v) is 8.92. The van der Waals surface area contributed by atoms with Gasteiger partial charge in [0.05, 0.1) is 11.6 Å². The Kier molecular flexibility index (Phi) is 4.61. The third-order valence-corrected chi connectivity index (χ3v) is 6.84. The van der Waals surface area contributed by atoms with Crippen molar-refractivity contribution in [2.45, 2.75) is 32.6 Å². The van der Waals surface area contributed by atoms with Crippen molar-refractivity contribution in [3.63, 3.8) is 0 Å². The van der Waals surface area contributed by atoms with Crippen LogP contribution in [0.5, 0.6) is 0 Å². The number of hydrogen-bond acceptors (Lipinski definition) is 5. The van der Waals surface area contributed by atoms with Crippen LogP contribution in [0.2, 0.25) is 0 Å². The molecular weight excluding hydrogens is 350 g/mol. The Morgan fingerprint density at radius 1 is 1.35 bits per heavy atom. The van der Waals surface area contributed by atoms with Gasteiger partial charge in [-0.15, -0.1) is 11.3 Å². The molecule has 2 atom stereocenters. The maximum atomic E-state index is 12.7. The molecule has 4 rings (SSSR count). The van der Waals surface area contributed by atoms with Crippen molar-refractivity contribution in [3.8, 4) is 0 Å². The molecule has 3 heterocycles. The number of likely N-dealkylation sites (tertiary alicyclic amines) is 2. The largest absolute Gasteiger partial charge is 0.396 e. The first-order chi connectivity index (χ1) is 12.5. The lowest BCUT2D eigenvalue weighted by Gasteiger charge is -2.27.